The van der Waals surface area contributed by atoms with Crippen LogP contribution in [0.15, 0.2) is 52.9 Å². The molecule has 0 amide bonds. The van der Waals surface area contributed by atoms with Gasteiger partial charge in [-0.05, 0) is 36.4 Å². The molecule has 22 heavy (non-hydrogen) atoms. The van der Waals surface area contributed by atoms with Gasteiger partial charge in [-0.15, -0.1) is 0 Å². The van der Waals surface area contributed by atoms with Crippen molar-refractivity contribution in [1.29, 1.82) is 5.26 Å². The number of carbonyl (C=O) groups is 1. The molecule has 0 fully saturated rings. The third-order valence-corrected chi connectivity index (χ3v) is 3.21. The van der Waals surface area contributed by atoms with Crippen LogP contribution in [-0.4, -0.2) is 10.7 Å². The fourth-order valence-electron chi connectivity index (χ4n) is 2.09. The lowest BCUT2D eigenvalue weighted by Crippen LogP contribution is -1.99. The van der Waals surface area contributed by atoms with E-state index in [9.17, 15) is 14.9 Å². The van der Waals surface area contributed by atoms with E-state index < -0.39 is 4.92 Å². The maximum atomic E-state index is 12.3. The molecule has 0 N–H and O–H groups in total. The number of ketones is 1. The van der Waals surface area contributed by atoms with Gasteiger partial charge in [0.05, 0.1) is 16.6 Å². The lowest BCUT2D eigenvalue weighted by atomic mass is 10.1. The molecule has 2 aromatic carbocycles. The number of nitro groups is 1. The van der Waals surface area contributed by atoms with Crippen molar-refractivity contribution in [3.63, 3.8) is 0 Å². The Bertz CT molecular complexity index is 933. The van der Waals surface area contributed by atoms with Gasteiger partial charge in [0, 0.05) is 23.1 Å². The molecule has 0 radical (unpaired) electrons. The summed E-state index contributed by atoms with van der Waals surface area (Å²) in [4.78, 5) is 22.6. The van der Waals surface area contributed by atoms with E-state index in [1.165, 1.54) is 36.4 Å². The van der Waals surface area contributed by atoms with Crippen molar-refractivity contribution in [3.8, 4) is 6.07 Å². The molecule has 1 aromatic heterocycles. The number of non-ortho nitro benzene ring substituents is 1. The molecule has 0 bridgehead atoms. The number of hydrogen-bond acceptors (Lipinski definition) is 5. The Morgan fingerprint density at radius 1 is 1.14 bits per heavy atom. The Morgan fingerprint density at radius 2 is 1.86 bits per heavy atom. The van der Waals surface area contributed by atoms with Gasteiger partial charge in [-0.1, -0.05) is 0 Å². The molecule has 3 rings (SSSR count). The summed E-state index contributed by atoms with van der Waals surface area (Å²) < 4.78 is 5.44. The monoisotopic (exact) mass is 292 g/mol. The largest absolute Gasteiger partial charge is 0.453 e. The summed E-state index contributed by atoms with van der Waals surface area (Å²) in [5, 5.41) is 20.0. The molecule has 0 saturated carbocycles. The molecule has 3 aromatic rings. The van der Waals surface area contributed by atoms with E-state index in [-0.39, 0.29) is 17.2 Å². The Kier molecular flexibility index (Phi) is 3.16. The van der Waals surface area contributed by atoms with E-state index in [1.807, 2.05) is 6.07 Å². The fraction of sp³-hybridized carbons (Fsp3) is 0. The molecule has 6 heteroatoms. The first-order valence-electron chi connectivity index (χ1n) is 6.31. The second-order valence-electron chi connectivity index (χ2n) is 4.61. The van der Waals surface area contributed by atoms with Crippen molar-refractivity contribution < 1.29 is 14.1 Å². The van der Waals surface area contributed by atoms with Crippen molar-refractivity contribution in [2.45, 2.75) is 0 Å². The van der Waals surface area contributed by atoms with Crippen LogP contribution in [0.25, 0.3) is 11.0 Å². The van der Waals surface area contributed by atoms with E-state index in [4.69, 9.17) is 9.68 Å². The smallest absolute Gasteiger partial charge is 0.270 e. The van der Waals surface area contributed by atoms with Gasteiger partial charge in [0.15, 0.2) is 5.76 Å². The first kappa shape index (κ1) is 13.5. The summed E-state index contributed by atoms with van der Waals surface area (Å²) in [5.74, 6) is -0.247. The fourth-order valence-corrected chi connectivity index (χ4v) is 2.09. The number of furan rings is 1. The maximum absolute atomic E-state index is 12.3. The van der Waals surface area contributed by atoms with Crippen LogP contribution in [0.3, 0.4) is 0 Å². The Morgan fingerprint density at radius 3 is 2.50 bits per heavy atom. The average molecular weight is 292 g/mol. The first-order valence-corrected chi connectivity index (χ1v) is 6.31. The summed E-state index contributed by atoms with van der Waals surface area (Å²) in [5.41, 5.74) is 1.18. The molecule has 1 heterocycles. The summed E-state index contributed by atoms with van der Waals surface area (Å²) in [7, 11) is 0. The molecule has 106 valence electrons. The third kappa shape index (κ3) is 2.31. The number of benzene rings is 2. The van der Waals surface area contributed by atoms with Gasteiger partial charge in [0.2, 0.25) is 5.78 Å². The van der Waals surface area contributed by atoms with Gasteiger partial charge in [-0.2, -0.15) is 5.26 Å². The van der Waals surface area contributed by atoms with Gasteiger partial charge in [0.1, 0.15) is 5.58 Å². The number of carbonyl (C=O) groups excluding carboxylic acids is 1. The van der Waals surface area contributed by atoms with Crippen LogP contribution < -0.4 is 0 Å². The van der Waals surface area contributed by atoms with E-state index in [0.717, 1.165) is 0 Å². The summed E-state index contributed by atoms with van der Waals surface area (Å²) in [6, 6.07) is 13.7. The Hall–Kier alpha value is -3.46. The highest BCUT2D eigenvalue weighted by molar-refractivity contribution is 6.09. The van der Waals surface area contributed by atoms with Crippen LogP contribution in [0.5, 0.6) is 0 Å². The molecule has 0 atom stereocenters. The van der Waals surface area contributed by atoms with Crippen molar-refractivity contribution in [3.05, 3.63) is 75.5 Å². The van der Waals surface area contributed by atoms with E-state index in [0.29, 0.717) is 22.1 Å². The van der Waals surface area contributed by atoms with Gasteiger partial charge >= 0.3 is 0 Å². The third-order valence-electron chi connectivity index (χ3n) is 3.21. The summed E-state index contributed by atoms with van der Waals surface area (Å²) in [6.45, 7) is 0. The van der Waals surface area contributed by atoms with Crippen molar-refractivity contribution in [1.82, 2.24) is 0 Å². The number of nitrogens with zero attached hydrogens (tertiary/aromatic N) is 2. The highest BCUT2D eigenvalue weighted by Crippen LogP contribution is 2.25. The molecule has 0 unspecified atom stereocenters. The van der Waals surface area contributed by atoms with Gasteiger partial charge in [-0.3, -0.25) is 14.9 Å². The molecule has 0 aliphatic heterocycles. The molecule has 0 saturated heterocycles. The van der Waals surface area contributed by atoms with Crippen LogP contribution >= 0.6 is 0 Å². The van der Waals surface area contributed by atoms with E-state index in [1.54, 1.807) is 12.1 Å². The Labute approximate surface area is 124 Å². The van der Waals surface area contributed by atoms with Gasteiger partial charge in [0.25, 0.3) is 5.69 Å². The topological polar surface area (TPSA) is 97.1 Å². The molecule has 0 spiro atoms. The zero-order valence-electron chi connectivity index (χ0n) is 11.1. The van der Waals surface area contributed by atoms with Crippen LogP contribution in [-0.2, 0) is 0 Å². The van der Waals surface area contributed by atoms with Crippen molar-refractivity contribution >= 4 is 22.4 Å². The minimum absolute atomic E-state index is 0.0642. The van der Waals surface area contributed by atoms with Crippen molar-refractivity contribution in [2.24, 2.45) is 0 Å². The number of nitro benzene ring substituents is 1. The standard InChI is InChI=1S/C16H8N2O4/c17-9-10-1-3-11(4-2-10)16(19)15-8-12-7-13(18(20)21)5-6-14(12)22-15/h1-8H. The molecular weight excluding hydrogens is 284 g/mol. The summed E-state index contributed by atoms with van der Waals surface area (Å²) >= 11 is 0. The molecule has 6 nitrogen and oxygen atoms in total. The zero-order chi connectivity index (χ0) is 15.7. The van der Waals surface area contributed by atoms with Gasteiger partial charge < -0.3 is 4.42 Å². The lowest BCUT2D eigenvalue weighted by molar-refractivity contribution is -0.384. The highest BCUT2D eigenvalue weighted by atomic mass is 16.6. The lowest BCUT2D eigenvalue weighted by Gasteiger charge is -1.97. The number of rotatable bonds is 3. The first-order chi connectivity index (χ1) is 10.6. The predicted molar refractivity (Wildman–Crippen MR) is 77.5 cm³/mol. The predicted octanol–water partition coefficient (Wildman–Crippen LogP) is 3.44. The van der Waals surface area contributed by atoms with E-state index >= 15 is 0 Å². The zero-order valence-corrected chi connectivity index (χ0v) is 11.1. The van der Waals surface area contributed by atoms with Crippen LogP contribution in [0, 0.1) is 21.4 Å². The van der Waals surface area contributed by atoms with Crippen molar-refractivity contribution in [2.75, 3.05) is 0 Å². The number of fused-ring (bicyclic) bond motifs is 1. The maximum Gasteiger partial charge on any atom is 0.270 e. The quantitative estimate of drug-likeness (QED) is 0.418. The second-order valence-corrected chi connectivity index (χ2v) is 4.61. The van der Waals surface area contributed by atoms with Crippen LogP contribution in [0.2, 0.25) is 0 Å². The van der Waals surface area contributed by atoms with E-state index in [2.05, 4.69) is 0 Å². The number of hydrogen-bond donors (Lipinski definition) is 0. The normalized spacial score (nSPS) is 10.3. The van der Waals surface area contributed by atoms with Crippen LogP contribution in [0.4, 0.5) is 5.69 Å². The minimum atomic E-state index is -0.505. The Balaban J connectivity index is 2.00. The average Bonchev–Trinajstić information content (AvgIpc) is 2.97. The summed E-state index contributed by atoms with van der Waals surface area (Å²) in [6.07, 6.45) is 0. The number of nitriles is 1. The molecule has 0 aliphatic carbocycles. The second kappa shape index (κ2) is 5.14. The van der Waals surface area contributed by atoms with Crippen LogP contribution in [0.1, 0.15) is 21.7 Å². The molecular formula is C16H8N2O4. The van der Waals surface area contributed by atoms with Gasteiger partial charge in [-0.25, -0.2) is 0 Å². The SMILES string of the molecule is N#Cc1ccc(C(=O)c2cc3cc([N+](=O)[O-])ccc3o2)cc1. The minimum Gasteiger partial charge on any atom is -0.453 e. The highest BCUT2D eigenvalue weighted by Gasteiger charge is 2.16. The molecule has 0 aliphatic rings.